The van der Waals surface area contributed by atoms with Crippen LogP contribution in [0.15, 0.2) is 48.5 Å². The van der Waals surface area contributed by atoms with Gasteiger partial charge in [-0.15, -0.1) is 0 Å². The lowest BCUT2D eigenvalue weighted by Gasteiger charge is -2.33. The van der Waals surface area contributed by atoms with Gasteiger partial charge in [0.2, 0.25) is 0 Å². The molecule has 0 spiro atoms. The summed E-state index contributed by atoms with van der Waals surface area (Å²) in [5.74, 6) is -0.161. The van der Waals surface area contributed by atoms with E-state index < -0.39 is 18.0 Å². The molecule has 1 aliphatic rings. The van der Waals surface area contributed by atoms with Gasteiger partial charge in [-0.1, -0.05) is 30.3 Å². The van der Waals surface area contributed by atoms with Crippen molar-refractivity contribution in [3.05, 3.63) is 59.9 Å². The van der Waals surface area contributed by atoms with Crippen LogP contribution in [0.3, 0.4) is 0 Å². The summed E-state index contributed by atoms with van der Waals surface area (Å²) in [5.41, 5.74) is 0.467. The molecule has 0 unspecified atom stereocenters. The largest absolute Gasteiger partial charge is 0.465 e. The number of anilines is 1. The monoisotopic (exact) mass is 373 g/mol. The van der Waals surface area contributed by atoms with Crippen LogP contribution in [0.2, 0.25) is 0 Å². The number of benzene rings is 2. The fourth-order valence-electron chi connectivity index (χ4n) is 2.87. The van der Waals surface area contributed by atoms with Crippen molar-refractivity contribution in [1.82, 2.24) is 9.80 Å². The van der Waals surface area contributed by atoms with Gasteiger partial charge in [-0.05, 0) is 18.2 Å². The third-order valence-electron chi connectivity index (χ3n) is 4.31. The van der Waals surface area contributed by atoms with E-state index in [2.05, 4.69) is 5.32 Å². The zero-order chi connectivity index (χ0) is 19.2. The number of nitrogens with zero attached hydrogens (tertiary/aromatic N) is 2. The van der Waals surface area contributed by atoms with Gasteiger partial charge >= 0.3 is 12.2 Å². The number of rotatable bonds is 4. The highest BCUT2D eigenvalue weighted by atomic mass is 19.1. The molecule has 1 heterocycles. The van der Waals surface area contributed by atoms with Gasteiger partial charge in [0.15, 0.2) is 5.82 Å². The summed E-state index contributed by atoms with van der Waals surface area (Å²) >= 11 is 0. The van der Waals surface area contributed by atoms with Crippen molar-refractivity contribution in [1.29, 1.82) is 0 Å². The Bertz CT molecular complexity index is 808. The fourth-order valence-corrected chi connectivity index (χ4v) is 2.87. The maximum absolute atomic E-state index is 14.7. The molecule has 1 aliphatic heterocycles. The number of carbonyl (C=O) groups is 2. The molecule has 0 radical (unpaired) electrons. The molecule has 0 aromatic heterocycles. The van der Waals surface area contributed by atoms with Crippen molar-refractivity contribution in [3.8, 4) is 5.75 Å². The molecule has 3 rings (SSSR count). The van der Waals surface area contributed by atoms with Crippen LogP contribution in [0.1, 0.15) is 5.56 Å². The molecule has 0 bridgehead atoms. The Morgan fingerprint density at radius 1 is 1.04 bits per heavy atom. The standard InChI is InChI=1S/C19H20FN3O4/c20-17-14(13-22-9-11-23(12-10-22)19(25)26)5-4-8-16(17)21-18(24)27-15-6-2-1-3-7-15/h1-8H,9-13H2,(H,21,24)(H,25,26). The van der Waals surface area contributed by atoms with Crippen LogP contribution < -0.4 is 10.1 Å². The van der Waals surface area contributed by atoms with Gasteiger partial charge in [-0.25, -0.2) is 14.0 Å². The van der Waals surface area contributed by atoms with Crippen molar-refractivity contribution in [2.75, 3.05) is 31.5 Å². The molecule has 2 aromatic rings. The van der Waals surface area contributed by atoms with E-state index in [-0.39, 0.29) is 5.69 Å². The lowest BCUT2D eigenvalue weighted by atomic mass is 10.1. The second kappa shape index (κ2) is 8.50. The highest BCUT2D eigenvalue weighted by Crippen LogP contribution is 2.21. The van der Waals surface area contributed by atoms with E-state index in [1.165, 1.54) is 11.0 Å². The normalized spacial score (nSPS) is 14.6. The highest BCUT2D eigenvalue weighted by Gasteiger charge is 2.21. The molecule has 2 amide bonds. The zero-order valence-corrected chi connectivity index (χ0v) is 14.6. The summed E-state index contributed by atoms with van der Waals surface area (Å²) in [5, 5.41) is 11.4. The summed E-state index contributed by atoms with van der Waals surface area (Å²) in [4.78, 5) is 26.2. The van der Waals surface area contributed by atoms with Crippen molar-refractivity contribution in [2.45, 2.75) is 6.54 Å². The maximum Gasteiger partial charge on any atom is 0.417 e. The van der Waals surface area contributed by atoms with Crippen molar-refractivity contribution in [2.24, 2.45) is 0 Å². The minimum atomic E-state index is -0.941. The fraction of sp³-hybridized carbons (Fsp3) is 0.263. The Hall–Kier alpha value is -3.13. The highest BCUT2D eigenvalue weighted by molar-refractivity contribution is 5.86. The van der Waals surface area contributed by atoms with Crippen molar-refractivity contribution >= 4 is 17.9 Å². The zero-order valence-electron chi connectivity index (χ0n) is 14.6. The number of nitrogens with one attached hydrogen (secondary N) is 1. The SMILES string of the molecule is O=C(Nc1cccc(CN2CCN(C(=O)O)CC2)c1F)Oc1ccccc1. The molecule has 1 fully saturated rings. The molecule has 0 atom stereocenters. The van der Waals surface area contributed by atoms with E-state index in [0.29, 0.717) is 44.0 Å². The lowest BCUT2D eigenvalue weighted by molar-refractivity contribution is 0.102. The third kappa shape index (κ3) is 4.95. The van der Waals surface area contributed by atoms with E-state index in [9.17, 15) is 14.0 Å². The Balaban J connectivity index is 1.60. The number of carbonyl (C=O) groups excluding carboxylic acids is 1. The minimum absolute atomic E-state index is 0.0394. The van der Waals surface area contributed by atoms with Crippen molar-refractivity contribution in [3.63, 3.8) is 0 Å². The number of carboxylic acid groups (broad SMARTS) is 1. The van der Waals surface area contributed by atoms with E-state index in [1.54, 1.807) is 42.5 Å². The van der Waals surface area contributed by atoms with E-state index >= 15 is 0 Å². The second-order valence-corrected chi connectivity index (χ2v) is 6.15. The Morgan fingerprint density at radius 3 is 2.41 bits per heavy atom. The van der Waals surface area contributed by atoms with Gasteiger partial charge < -0.3 is 14.7 Å². The lowest BCUT2D eigenvalue weighted by Crippen LogP contribution is -2.47. The number of hydrogen-bond acceptors (Lipinski definition) is 4. The minimum Gasteiger partial charge on any atom is -0.465 e. The molecule has 142 valence electrons. The first-order valence-electron chi connectivity index (χ1n) is 8.54. The van der Waals surface area contributed by atoms with Gasteiger partial charge in [0, 0.05) is 38.3 Å². The van der Waals surface area contributed by atoms with Crippen molar-refractivity contribution < 1.29 is 23.8 Å². The molecular formula is C19H20FN3O4. The second-order valence-electron chi connectivity index (χ2n) is 6.15. The Kier molecular flexibility index (Phi) is 5.87. The first-order chi connectivity index (χ1) is 13.0. The number of halogens is 1. The van der Waals surface area contributed by atoms with Gasteiger partial charge in [0.1, 0.15) is 5.75 Å². The Morgan fingerprint density at radius 2 is 1.74 bits per heavy atom. The Labute approximate surface area is 156 Å². The average molecular weight is 373 g/mol. The predicted molar refractivity (Wildman–Crippen MR) is 97.4 cm³/mol. The molecule has 2 aromatic carbocycles. The summed E-state index contributed by atoms with van der Waals surface area (Å²) in [6, 6.07) is 13.3. The van der Waals surface area contributed by atoms with E-state index in [1.807, 2.05) is 4.90 Å². The average Bonchev–Trinajstić information content (AvgIpc) is 2.66. The van der Waals surface area contributed by atoms with E-state index in [0.717, 1.165) is 0 Å². The van der Waals surface area contributed by atoms with E-state index in [4.69, 9.17) is 9.84 Å². The predicted octanol–water partition coefficient (Wildman–Crippen LogP) is 3.23. The number of para-hydroxylation sites is 1. The molecule has 8 heteroatoms. The van der Waals surface area contributed by atoms with Crippen LogP contribution >= 0.6 is 0 Å². The summed E-state index contributed by atoms with van der Waals surface area (Å²) in [6.07, 6.45) is -1.71. The molecule has 1 saturated heterocycles. The number of piperazine rings is 1. The van der Waals surface area contributed by atoms with Crippen LogP contribution in [0.4, 0.5) is 19.7 Å². The molecular weight excluding hydrogens is 353 g/mol. The molecule has 2 N–H and O–H groups in total. The van der Waals surface area contributed by atoms with Crippen LogP contribution in [-0.4, -0.2) is 53.3 Å². The van der Waals surface area contributed by atoms with Crippen LogP contribution in [0.5, 0.6) is 5.75 Å². The molecule has 0 aliphatic carbocycles. The van der Waals surface area contributed by atoms with Crippen LogP contribution in [0.25, 0.3) is 0 Å². The van der Waals surface area contributed by atoms with Gasteiger partial charge in [-0.2, -0.15) is 0 Å². The summed E-state index contributed by atoms with van der Waals surface area (Å²) < 4.78 is 19.8. The number of amides is 2. The first kappa shape index (κ1) is 18.7. The van der Waals surface area contributed by atoms with Crippen LogP contribution in [0, 0.1) is 5.82 Å². The molecule has 7 nitrogen and oxygen atoms in total. The quantitative estimate of drug-likeness (QED) is 0.860. The van der Waals surface area contributed by atoms with Gasteiger partial charge in [0.25, 0.3) is 0 Å². The number of ether oxygens (including phenoxy) is 1. The maximum atomic E-state index is 14.7. The summed E-state index contributed by atoms with van der Waals surface area (Å²) in [6.45, 7) is 2.16. The van der Waals surface area contributed by atoms with Gasteiger partial charge in [0.05, 0.1) is 5.69 Å². The summed E-state index contributed by atoms with van der Waals surface area (Å²) in [7, 11) is 0. The van der Waals surface area contributed by atoms with Crippen LogP contribution in [-0.2, 0) is 6.54 Å². The smallest absolute Gasteiger partial charge is 0.417 e. The first-order valence-corrected chi connectivity index (χ1v) is 8.54. The third-order valence-corrected chi connectivity index (χ3v) is 4.31. The number of hydrogen-bond donors (Lipinski definition) is 2. The topological polar surface area (TPSA) is 82.1 Å². The van der Waals surface area contributed by atoms with Gasteiger partial charge in [-0.3, -0.25) is 10.2 Å². The molecule has 0 saturated carbocycles. The molecule has 27 heavy (non-hydrogen) atoms.